The zero-order valence-corrected chi connectivity index (χ0v) is 17.4. The molecule has 0 unspecified atom stereocenters. The zero-order valence-electron chi connectivity index (χ0n) is 16.6. The number of nitrogens with one attached hydrogen (secondary N) is 2. The monoisotopic (exact) mass is 417 g/mol. The fourth-order valence-electron chi connectivity index (χ4n) is 3.18. The number of ether oxygens (including phenoxy) is 2. The lowest BCUT2D eigenvalue weighted by Crippen LogP contribution is -2.49. The number of carbonyl (C=O) groups excluding carboxylic acids is 2. The van der Waals surface area contributed by atoms with Gasteiger partial charge in [-0.05, 0) is 60.9 Å². The smallest absolute Gasteiger partial charge is 0.318 e. The molecule has 29 heavy (non-hydrogen) atoms. The van der Waals surface area contributed by atoms with Crippen molar-refractivity contribution >= 4 is 29.2 Å². The van der Waals surface area contributed by atoms with E-state index in [0.717, 1.165) is 11.1 Å². The highest BCUT2D eigenvalue weighted by Gasteiger charge is 2.25. The molecule has 0 radical (unpaired) electrons. The predicted molar refractivity (Wildman–Crippen MR) is 112 cm³/mol. The number of nitrogens with zero attached hydrogens (tertiary/aromatic N) is 1. The van der Waals surface area contributed by atoms with Crippen molar-refractivity contribution in [3.05, 3.63) is 52.5 Å². The number of methoxy groups -OCH3 is 2. The Balaban J connectivity index is 1.61. The Morgan fingerprint density at radius 1 is 1.07 bits per heavy atom. The van der Waals surface area contributed by atoms with Crippen LogP contribution in [0.2, 0.25) is 5.02 Å². The molecule has 3 rings (SSSR count). The third-order valence-corrected chi connectivity index (χ3v) is 5.10. The van der Waals surface area contributed by atoms with Crippen LogP contribution in [-0.2, 0) is 17.8 Å². The molecule has 0 saturated heterocycles. The van der Waals surface area contributed by atoms with Crippen molar-refractivity contribution in [1.82, 2.24) is 10.2 Å². The lowest BCUT2D eigenvalue weighted by Gasteiger charge is -2.30. The Morgan fingerprint density at radius 2 is 1.69 bits per heavy atom. The molecule has 154 valence electrons. The maximum atomic E-state index is 12.7. The van der Waals surface area contributed by atoms with Crippen LogP contribution in [0.25, 0.3) is 0 Å². The van der Waals surface area contributed by atoms with Crippen molar-refractivity contribution in [3.63, 3.8) is 0 Å². The van der Waals surface area contributed by atoms with Crippen LogP contribution in [0, 0.1) is 0 Å². The molecule has 0 spiro atoms. The van der Waals surface area contributed by atoms with Crippen molar-refractivity contribution in [2.45, 2.75) is 25.9 Å². The van der Waals surface area contributed by atoms with E-state index in [-0.39, 0.29) is 11.9 Å². The summed E-state index contributed by atoms with van der Waals surface area (Å²) in [6, 6.07) is 9.66. The van der Waals surface area contributed by atoms with E-state index in [1.165, 1.54) is 0 Å². The summed E-state index contributed by atoms with van der Waals surface area (Å²) in [5.74, 6) is 1.00. The zero-order chi connectivity index (χ0) is 21.0. The minimum Gasteiger partial charge on any atom is -0.493 e. The molecule has 3 amide bonds. The third kappa shape index (κ3) is 4.92. The van der Waals surface area contributed by atoms with Gasteiger partial charge in [0.1, 0.15) is 6.04 Å². The molecule has 0 aliphatic carbocycles. The summed E-state index contributed by atoms with van der Waals surface area (Å²) in [6.45, 7) is 2.64. The standard InChI is InChI=1S/C21H24ClN3O4/c1-13(20(26)24-17-6-4-16(22)5-7-17)23-21(27)25-9-8-14-10-18(28-2)19(29-3)11-15(14)12-25/h4-7,10-11,13H,8-9,12H2,1-3H3,(H,23,27)(H,24,26)/t13-/m1/s1. The number of hydrogen-bond donors (Lipinski definition) is 2. The van der Waals surface area contributed by atoms with Gasteiger partial charge in [0, 0.05) is 23.8 Å². The Kier molecular flexibility index (Phi) is 6.49. The summed E-state index contributed by atoms with van der Waals surface area (Å²) in [6.07, 6.45) is 0.703. The summed E-state index contributed by atoms with van der Waals surface area (Å²) < 4.78 is 10.7. The average molecular weight is 418 g/mol. The SMILES string of the molecule is COc1cc2c(cc1OC)CN(C(=O)N[C@H](C)C(=O)Nc1ccc(Cl)cc1)CC2. The summed E-state index contributed by atoms with van der Waals surface area (Å²) in [4.78, 5) is 26.7. The van der Waals surface area contributed by atoms with Gasteiger partial charge in [0.25, 0.3) is 0 Å². The van der Waals surface area contributed by atoms with Crippen LogP contribution in [0.1, 0.15) is 18.1 Å². The highest BCUT2D eigenvalue weighted by Crippen LogP contribution is 2.33. The molecule has 8 heteroatoms. The fourth-order valence-corrected chi connectivity index (χ4v) is 3.31. The van der Waals surface area contributed by atoms with Gasteiger partial charge in [-0.15, -0.1) is 0 Å². The van der Waals surface area contributed by atoms with E-state index >= 15 is 0 Å². The highest BCUT2D eigenvalue weighted by atomic mass is 35.5. The Bertz CT molecular complexity index is 902. The van der Waals surface area contributed by atoms with Gasteiger partial charge in [-0.3, -0.25) is 4.79 Å². The fraction of sp³-hybridized carbons (Fsp3) is 0.333. The number of hydrogen-bond acceptors (Lipinski definition) is 4. The van der Waals surface area contributed by atoms with Crippen LogP contribution in [-0.4, -0.2) is 43.6 Å². The first kappa shape index (κ1) is 20.8. The molecule has 1 aliphatic heterocycles. The lowest BCUT2D eigenvalue weighted by molar-refractivity contribution is -0.117. The number of carbonyl (C=O) groups is 2. The number of fused-ring (bicyclic) bond motifs is 1. The highest BCUT2D eigenvalue weighted by molar-refractivity contribution is 6.30. The molecule has 2 N–H and O–H groups in total. The topological polar surface area (TPSA) is 79.9 Å². The van der Waals surface area contributed by atoms with Crippen LogP contribution >= 0.6 is 11.6 Å². The molecular weight excluding hydrogens is 394 g/mol. The van der Waals surface area contributed by atoms with E-state index in [1.807, 2.05) is 12.1 Å². The molecule has 7 nitrogen and oxygen atoms in total. The molecule has 1 heterocycles. The quantitative estimate of drug-likeness (QED) is 0.780. The van der Waals surface area contributed by atoms with E-state index in [0.29, 0.717) is 41.7 Å². The van der Waals surface area contributed by atoms with Crippen LogP contribution in [0.15, 0.2) is 36.4 Å². The van der Waals surface area contributed by atoms with Crippen molar-refractivity contribution in [3.8, 4) is 11.5 Å². The number of rotatable bonds is 5. The van der Waals surface area contributed by atoms with Gasteiger partial charge in [-0.2, -0.15) is 0 Å². The molecule has 0 bridgehead atoms. The number of urea groups is 1. The van der Waals surface area contributed by atoms with E-state index in [9.17, 15) is 9.59 Å². The first-order valence-electron chi connectivity index (χ1n) is 9.27. The maximum absolute atomic E-state index is 12.7. The minimum absolute atomic E-state index is 0.288. The van der Waals surface area contributed by atoms with E-state index in [4.69, 9.17) is 21.1 Å². The molecular formula is C21H24ClN3O4. The minimum atomic E-state index is -0.690. The van der Waals surface area contributed by atoms with Crippen LogP contribution < -0.4 is 20.1 Å². The van der Waals surface area contributed by atoms with Gasteiger partial charge in [0.05, 0.1) is 14.2 Å². The van der Waals surface area contributed by atoms with Gasteiger partial charge < -0.3 is 25.0 Å². The summed E-state index contributed by atoms with van der Waals surface area (Å²) in [7, 11) is 3.18. The molecule has 1 aliphatic rings. The second-order valence-electron chi connectivity index (χ2n) is 6.81. The van der Waals surface area contributed by atoms with Gasteiger partial charge in [0.2, 0.25) is 5.91 Å². The lowest BCUT2D eigenvalue weighted by atomic mass is 9.99. The molecule has 0 saturated carbocycles. The number of halogens is 1. The van der Waals surface area contributed by atoms with Crippen molar-refractivity contribution < 1.29 is 19.1 Å². The van der Waals surface area contributed by atoms with E-state index in [2.05, 4.69) is 10.6 Å². The summed E-state index contributed by atoms with van der Waals surface area (Å²) in [5.41, 5.74) is 2.75. The van der Waals surface area contributed by atoms with Crippen LogP contribution in [0.3, 0.4) is 0 Å². The predicted octanol–water partition coefficient (Wildman–Crippen LogP) is 3.45. The number of anilines is 1. The number of benzene rings is 2. The average Bonchev–Trinajstić information content (AvgIpc) is 2.73. The van der Waals surface area contributed by atoms with Gasteiger partial charge in [0.15, 0.2) is 11.5 Å². The summed E-state index contributed by atoms with van der Waals surface area (Å²) in [5, 5.41) is 6.10. The van der Waals surface area contributed by atoms with Crippen LogP contribution in [0.4, 0.5) is 10.5 Å². The van der Waals surface area contributed by atoms with Gasteiger partial charge in [-0.25, -0.2) is 4.79 Å². The Morgan fingerprint density at radius 3 is 2.31 bits per heavy atom. The first-order valence-corrected chi connectivity index (χ1v) is 9.64. The molecule has 1 atom stereocenters. The van der Waals surface area contributed by atoms with Crippen LogP contribution in [0.5, 0.6) is 11.5 Å². The second-order valence-corrected chi connectivity index (χ2v) is 7.25. The van der Waals surface area contributed by atoms with Crippen molar-refractivity contribution in [2.75, 3.05) is 26.1 Å². The Labute approximate surface area is 174 Å². The first-order chi connectivity index (χ1) is 13.9. The summed E-state index contributed by atoms with van der Waals surface area (Å²) >= 11 is 5.85. The van der Waals surface area contributed by atoms with Gasteiger partial charge in [-0.1, -0.05) is 11.6 Å². The number of amides is 3. The van der Waals surface area contributed by atoms with E-state index in [1.54, 1.807) is 50.3 Å². The third-order valence-electron chi connectivity index (χ3n) is 4.85. The molecule has 0 aromatic heterocycles. The molecule has 2 aromatic carbocycles. The Hall–Kier alpha value is -2.93. The normalized spacial score (nSPS) is 13.9. The molecule has 2 aromatic rings. The van der Waals surface area contributed by atoms with E-state index < -0.39 is 6.04 Å². The van der Waals surface area contributed by atoms with Gasteiger partial charge >= 0.3 is 6.03 Å². The second kappa shape index (κ2) is 9.05. The maximum Gasteiger partial charge on any atom is 0.318 e. The largest absolute Gasteiger partial charge is 0.493 e. The van der Waals surface area contributed by atoms with Crippen molar-refractivity contribution in [1.29, 1.82) is 0 Å². The van der Waals surface area contributed by atoms with Crippen molar-refractivity contribution in [2.24, 2.45) is 0 Å². The molecule has 0 fully saturated rings.